The standard InChI is InChI=1S/C14H29N3/c1-4-12-7-5-9-17(11-12)10-6-8-14(2,3)13(15)16/h12H,4-11H2,1-3H3,(H3,15,16). The second-order valence-corrected chi connectivity index (χ2v) is 6.12. The summed E-state index contributed by atoms with van der Waals surface area (Å²) in [6.45, 7) is 10.1. The summed E-state index contributed by atoms with van der Waals surface area (Å²) in [5, 5.41) is 7.55. The van der Waals surface area contributed by atoms with Gasteiger partial charge in [-0.15, -0.1) is 0 Å². The molecule has 100 valence electrons. The Morgan fingerprint density at radius 1 is 1.47 bits per heavy atom. The molecule has 0 spiro atoms. The van der Waals surface area contributed by atoms with Crippen molar-refractivity contribution in [2.75, 3.05) is 19.6 Å². The zero-order valence-corrected chi connectivity index (χ0v) is 11.8. The number of amidine groups is 1. The number of likely N-dealkylation sites (tertiary alicyclic amines) is 1. The average molecular weight is 239 g/mol. The Bertz CT molecular complexity index is 248. The van der Waals surface area contributed by atoms with E-state index >= 15 is 0 Å². The Hall–Kier alpha value is -0.570. The molecule has 0 bridgehead atoms. The zero-order chi connectivity index (χ0) is 12.9. The van der Waals surface area contributed by atoms with Crippen LogP contribution in [-0.4, -0.2) is 30.4 Å². The summed E-state index contributed by atoms with van der Waals surface area (Å²) < 4.78 is 0. The summed E-state index contributed by atoms with van der Waals surface area (Å²) in [7, 11) is 0. The summed E-state index contributed by atoms with van der Waals surface area (Å²) in [5.41, 5.74) is 5.48. The van der Waals surface area contributed by atoms with Gasteiger partial charge in [0.25, 0.3) is 0 Å². The van der Waals surface area contributed by atoms with E-state index in [1.807, 2.05) is 0 Å². The molecule has 3 nitrogen and oxygen atoms in total. The Balaban J connectivity index is 2.24. The molecule has 1 unspecified atom stereocenters. The first kappa shape index (κ1) is 14.5. The molecule has 0 amide bonds. The zero-order valence-electron chi connectivity index (χ0n) is 11.8. The summed E-state index contributed by atoms with van der Waals surface area (Å²) in [6.07, 6.45) is 6.26. The van der Waals surface area contributed by atoms with Crippen LogP contribution in [-0.2, 0) is 0 Å². The normalized spacial score (nSPS) is 22.6. The van der Waals surface area contributed by atoms with E-state index in [-0.39, 0.29) is 5.41 Å². The highest BCUT2D eigenvalue weighted by Gasteiger charge is 2.22. The fourth-order valence-corrected chi connectivity index (χ4v) is 2.57. The van der Waals surface area contributed by atoms with E-state index in [0.29, 0.717) is 5.84 Å². The van der Waals surface area contributed by atoms with Crippen molar-refractivity contribution in [3.63, 3.8) is 0 Å². The van der Waals surface area contributed by atoms with Gasteiger partial charge in [-0.25, -0.2) is 0 Å². The van der Waals surface area contributed by atoms with Crippen LogP contribution in [0.5, 0.6) is 0 Å². The van der Waals surface area contributed by atoms with E-state index in [1.165, 1.54) is 38.9 Å². The third-order valence-electron chi connectivity index (χ3n) is 4.19. The number of nitrogens with two attached hydrogens (primary N) is 1. The van der Waals surface area contributed by atoms with Crippen molar-refractivity contribution in [1.29, 1.82) is 5.41 Å². The quantitative estimate of drug-likeness (QED) is 0.553. The van der Waals surface area contributed by atoms with E-state index < -0.39 is 0 Å². The van der Waals surface area contributed by atoms with Gasteiger partial charge < -0.3 is 10.6 Å². The van der Waals surface area contributed by atoms with Crippen LogP contribution in [0.4, 0.5) is 0 Å². The van der Waals surface area contributed by atoms with Gasteiger partial charge in [-0.05, 0) is 44.7 Å². The minimum absolute atomic E-state index is 0.125. The lowest BCUT2D eigenvalue weighted by atomic mass is 9.86. The monoisotopic (exact) mass is 239 g/mol. The van der Waals surface area contributed by atoms with Crippen LogP contribution in [0.2, 0.25) is 0 Å². The molecule has 0 saturated carbocycles. The third-order valence-corrected chi connectivity index (χ3v) is 4.19. The van der Waals surface area contributed by atoms with Crippen molar-refractivity contribution in [2.24, 2.45) is 17.1 Å². The molecular weight excluding hydrogens is 210 g/mol. The minimum atomic E-state index is -0.125. The lowest BCUT2D eigenvalue weighted by Gasteiger charge is -2.33. The predicted octanol–water partition coefficient (Wildman–Crippen LogP) is 2.85. The van der Waals surface area contributed by atoms with Gasteiger partial charge in [-0.3, -0.25) is 5.41 Å². The maximum Gasteiger partial charge on any atom is 0.0963 e. The first-order valence-electron chi connectivity index (χ1n) is 7.02. The van der Waals surface area contributed by atoms with E-state index in [2.05, 4.69) is 25.7 Å². The van der Waals surface area contributed by atoms with E-state index in [0.717, 1.165) is 18.8 Å². The lowest BCUT2D eigenvalue weighted by molar-refractivity contribution is 0.165. The van der Waals surface area contributed by atoms with Gasteiger partial charge in [-0.2, -0.15) is 0 Å². The third kappa shape index (κ3) is 4.66. The number of rotatable bonds is 6. The van der Waals surface area contributed by atoms with E-state index in [1.54, 1.807) is 0 Å². The van der Waals surface area contributed by atoms with Crippen molar-refractivity contribution in [3.8, 4) is 0 Å². The SMILES string of the molecule is CCC1CCCN(CCCC(C)(C)C(=N)N)C1. The topological polar surface area (TPSA) is 53.1 Å². The van der Waals surface area contributed by atoms with Gasteiger partial charge >= 0.3 is 0 Å². The van der Waals surface area contributed by atoms with Gasteiger partial charge in [0.1, 0.15) is 0 Å². The largest absolute Gasteiger partial charge is 0.387 e. The number of hydrogen-bond acceptors (Lipinski definition) is 2. The maximum absolute atomic E-state index is 7.55. The van der Waals surface area contributed by atoms with Crippen molar-refractivity contribution >= 4 is 5.84 Å². The smallest absolute Gasteiger partial charge is 0.0963 e. The Morgan fingerprint density at radius 2 is 2.18 bits per heavy atom. The highest BCUT2D eigenvalue weighted by Crippen LogP contribution is 2.23. The average Bonchev–Trinajstić information content (AvgIpc) is 2.29. The van der Waals surface area contributed by atoms with E-state index in [9.17, 15) is 0 Å². The highest BCUT2D eigenvalue weighted by atomic mass is 15.1. The number of nitrogens with zero attached hydrogens (tertiary/aromatic N) is 1. The second-order valence-electron chi connectivity index (χ2n) is 6.12. The molecule has 1 aliphatic heterocycles. The molecule has 17 heavy (non-hydrogen) atoms. The van der Waals surface area contributed by atoms with Crippen molar-refractivity contribution in [3.05, 3.63) is 0 Å². The molecule has 1 atom stereocenters. The molecule has 1 fully saturated rings. The second kappa shape index (κ2) is 6.39. The summed E-state index contributed by atoms with van der Waals surface area (Å²) in [5.74, 6) is 1.23. The Morgan fingerprint density at radius 3 is 2.76 bits per heavy atom. The van der Waals surface area contributed by atoms with Crippen LogP contribution in [0.15, 0.2) is 0 Å². The molecule has 3 N–H and O–H groups in total. The Kier molecular flexibility index (Phi) is 5.44. The van der Waals surface area contributed by atoms with Crippen LogP contribution in [0.25, 0.3) is 0 Å². The lowest BCUT2D eigenvalue weighted by Crippen LogP contribution is -2.37. The van der Waals surface area contributed by atoms with Crippen molar-refractivity contribution in [1.82, 2.24) is 4.90 Å². The summed E-state index contributed by atoms with van der Waals surface area (Å²) >= 11 is 0. The van der Waals surface area contributed by atoms with E-state index in [4.69, 9.17) is 11.1 Å². The molecule has 0 aromatic carbocycles. The van der Waals surface area contributed by atoms with Gasteiger partial charge in [0, 0.05) is 12.0 Å². The molecular formula is C14H29N3. The summed E-state index contributed by atoms with van der Waals surface area (Å²) in [4.78, 5) is 2.59. The molecule has 0 aromatic rings. The molecule has 0 radical (unpaired) electrons. The number of hydrogen-bond donors (Lipinski definition) is 2. The molecule has 0 aromatic heterocycles. The van der Waals surface area contributed by atoms with Gasteiger partial charge in [0.15, 0.2) is 0 Å². The van der Waals surface area contributed by atoms with Gasteiger partial charge in [0.05, 0.1) is 5.84 Å². The van der Waals surface area contributed by atoms with Crippen LogP contribution in [0.3, 0.4) is 0 Å². The molecule has 1 aliphatic rings. The summed E-state index contributed by atoms with van der Waals surface area (Å²) in [6, 6.07) is 0. The predicted molar refractivity (Wildman–Crippen MR) is 74.4 cm³/mol. The van der Waals surface area contributed by atoms with Crippen LogP contribution in [0.1, 0.15) is 52.9 Å². The van der Waals surface area contributed by atoms with Gasteiger partial charge in [-0.1, -0.05) is 27.2 Å². The highest BCUT2D eigenvalue weighted by molar-refractivity contribution is 5.82. The molecule has 3 heteroatoms. The van der Waals surface area contributed by atoms with Crippen molar-refractivity contribution in [2.45, 2.75) is 52.9 Å². The number of nitrogens with one attached hydrogen (secondary N) is 1. The van der Waals surface area contributed by atoms with Gasteiger partial charge in [0.2, 0.25) is 0 Å². The number of piperidine rings is 1. The first-order chi connectivity index (χ1) is 7.95. The Labute approximate surface area is 106 Å². The molecule has 1 saturated heterocycles. The fourth-order valence-electron chi connectivity index (χ4n) is 2.57. The first-order valence-corrected chi connectivity index (χ1v) is 7.02. The molecule has 1 heterocycles. The van der Waals surface area contributed by atoms with Crippen LogP contribution >= 0.6 is 0 Å². The minimum Gasteiger partial charge on any atom is -0.387 e. The van der Waals surface area contributed by atoms with Crippen LogP contribution < -0.4 is 5.73 Å². The van der Waals surface area contributed by atoms with Crippen molar-refractivity contribution < 1.29 is 0 Å². The fraction of sp³-hybridized carbons (Fsp3) is 0.929. The van der Waals surface area contributed by atoms with Crippen LogP contribution in [0, 0.1) is 16.7 Å². The molecule has 1 rings (SSSR count). The molecule has 0 aliphatic carbocycles. The maximum atomic E-state index is 7.55.